The first-order valence-electron chi connectivity index (χ1n) is 4.94. The molecule has 3 nitrogen and oxygen atoms in total. The van der Waals surface area contributed by atoms with Gasteiger partial charge in [0, 0.05) is 15.7 Å². The number of hydrogen-bond donors (Lipinski definition) is 1. The Morgan fingerprint density at radius 2 is 2.11 bits per heavy atom. The highest BCUT2D eigenvalue weighted by molar-refractivity contribution is 9.10. The van der Waals surface area contributed by atoms with Crippen molar-refractivity contribution in [1.82, 2.24) is 4.98 Å². The highest BCUT2D eigenvalue weighted by Gasteiger charge is 2.09. The van der Waals surface area contributed by atoms with Gasteiger partial charge in [-0.15, -0.1) is 0 Å². The van der Waals surface area contributed by atoms with Crippen molar-refractivity contribution in [3.8, 4) is 0 Å². The number of hydrogen-bond acceptors (Lipinski definition) is 2. The van der Waals surface area contributed by atoms with E-state index in [2.05, 4.69) is 26.2 Å². The lowest BCUT2D eigenvalue weighted by molar-refractivity contribution is 0.102. The molecule has 0 aliphatic carbocycles. The number of nitrogens with zero attached hydrogens (tertiary/aromatic N) is 1. The number of carbonyl (C=O) groups is 1. The van der Waals surface area contributed by atoms with Crippen LogP contribution in [0.5, 0.6) is 0 Å². The van der Waals surface area contributed by atoms with Gasteiger partial charge >= 0.3 is 0 Å². The Kier molecular flexibility index (Phi) is 3.93. The Morgan fingerprint density at radius 3 is 2.72 bits per heavy atom. The van der Waals surface area contributed by atoms with Gasteiger partial charge in [0.05, 0.1) is 11.3 Å². The summed E-state index contributed by atoms with van der Waals surface area (Å²) in [6.07, 6.45) is 1.18. The molecule has 0 saturated carbocycles. The predicted octanol–water partition coefficient (Wildman–Crippen LogP) is 3.89. The van der Waals surface area contributed by atoms with E-state index in [1.165, 1.54) is 12.3 Å². The van der Waals surface area contributed by atoms with Gasteiger partial charge in [-0.05, 0) is 46.3 Å². The topological polar surface area (TPSA) is 42.0 Å². The van der Waals surface area contributed by atoms with Gasteiger partial charge in [0.2, 0.25) is 5.95 Å². The van der Waals surface area contributed by atoms with E-state index in [0.717, 1.165) is 6.07 Å². The van der Waals surface area contributed by atoms with Gasteiger partial charge in [0.25, 0.3) is 5.91 Å². The zero-order chi connectivity index (χ0) is 13.1. The van der Waals surface area contributed by atoms with E-state index in [1.807, 2.05) is 0 Å². The first kappa shape index (κ1) is 13.0. The minimum atomic E-state index is -0.626. The zero-order valence-corrected chi connectivity index (χ0v) is 11.3. The highest BCUT2D eigenvalue weighted by atomic mass is 79.9. The lowest BCUT2D eigenvalue weighted by Gasteiger charge is -2.07. The second kappa shape index (κ2) is 5.46. The Balaban J connectivity index is 2.18. The van der Waals surface area contributed by atoms with Gasteiger partial charge < -0.3 is 5.32 Å². The molecule has 1 aromatic carbocycles. The molecule has 0 spiro atoms. The van der Waals surface area contributed by atoms with Crippen LogP contribution in [-0.4, -0.2) is 10.9 Å². The molecule has 1 aromatic heterocycles. The van der Waals surface area contributed by atoms with Crippen molar-refractivity contribution in [3.63, 3.8) is 0 Å². The number of pyridine rings is 1. The number of rotatable bonds is 2. The van der Waals surface area contributed by atoms with Gasteiger partial charge in [0.1, 0.15) is 0 Å². The maximum atomic E-state index is 12.6. The fourth-order valence-electron chi connectivity index (χ4n) is 1.30. The van der Waals surface area contributed by atoms with Crippen LogP contribution in [0.15, 0.2) is 41.0 Å². The van der Waals surface area contributed by atoms with Gasteiger partial charge in [-0.25, -0.2) is 4.98 Å². The van der Waals surface area contributed by atoms with Gasteiger partial charge in [-0.2, -0.15) is 4.39 Å². The van der Waals surface area contributed by atoms with E-state index in [9.17, 15) is 9.18 Å². The van der Waals surface area contributed by atoms with Crippen molar-refractivity contribution >= 4 is 39.1 Å². The van der Waals surface area contributed by atoms with Crippen LogP contribution < -0.4 is 5.32 Å². The number of amides is 1. The zero-order valence-electron chi connectivity index (χ0n) is 8.95. The second-order valence-corrected chi connectivity index (χ2v) is 4.74. The van der Waals surface area contributed by atoms with Crippen LogP contribution in [0.25, 0.3) is 0 Å². The normalized spacial score (nSPS) is 10.2. The summed E-state index contributed by atoms with van der Waals surface area (Å²) in [6.45, 7) is 0. The van der Waals surface area contributed by atoms with Crippen LogP contribution >= 0.6 is 27.5 Å². The molecule has 0 saturated heterocycles. The van der Waals surface area contributed by atoms with Crippen LogP contribution in [0, 0.1) is 5.95 Å². The first-order chi connectivity index (χ1) is 8.56. The summed E-state index contributed by atoms with van der Waals surface area (Å²) in [5, 5.41) is 3.22. The predicted molar refractivity (Wildman–Crippen MR) is 71.3 cm³/mol. The number of halogens is 3. The van der Waals surface area contributed by atoms with Crippen molar-refractivity contribution in [2.45, 2.75) is 0 Å². The third-order valence-electron chi connectivity index (χ3n) is 2.17. The fourth-order valence-corrected chi connectivity index (χ4v) is 2.08. The quantitative estimate of drug-likeness (QED) is 0.849. The molecule has 0 aliphatic rings. The molecule has 2 rings (SSSR count). The van der Waals surface area contributed by atoms with E-state index in [4.69, 9.17) is 11.6 Å². The average Bonchev–Trinajstić information content (AvgIpc) is 2.33. The summed E-state index contributed by atoms with van der Waals surface area (Å²) in [5.41, 5.74) is 0.854. The van der Waals surface area contributed by atoms with Crippen LogP contribution in [-0.2, 0) is 0 Å². The minimum Gasteiger partial charge on any atom is -0.321 e. The van der Waals surface area contributed by atoms with Crippen LogP contribution in [0.1, 0.15) is 10.4 Å². The third kappa shape index (κ3) is 3.05. The molecular formula is C12H7BrClFN2O. The lowest BCUT2D eigenvalue weighted by Crippen LogP contribution is -2.12. The average molecular weight is 330 g/mol. The molecular weight excluding hydrogens is 322 g/mol. The lowest BCUT2D eigenvalue weighted by atomic mass is 10.2. The summed E-state index contributed by atoms with van der Waals surface area (Å²) in [6, 6.07) is 7.49. The van der Waals surface area contributed by atoms with E-state index in [0.29, 0.717) is 15.2 Å². The van der Waals surface area contributed by atoms with E-state index < -0.39 is 5.95 Å². The molecule has 0 bridgehead atoms. The Labute approximate surface area is 116 Å². The highest BCUT2D eigenvalue weighted by Crippen LogP contribution is 2.26. The van der Waals surface area contributed by atoms with Crippen molar-refractivity contribution in [2.24, 2.45) is 0 Å². The summed E-state index contributed by atoms with van der Waals surface area (Å²) in [4.78, 5) is 15.3. The summed E-state index contributed by atoms with van der Waals surface area (Å²) >= 11 is 9.08. The Bertz CT molecular complexity index is 589. The number of aromatic nitrogens is 1. The number of anilines is 1. The molecule has 18 heavy (non-hydrogen) atoms. The maximum absolute atomic E-state index is 12.6. The van der Waals surface area contributed by atoms with Gasteiger partial charge in [0.15, 0.2) is 0 Å². The van der Waals surface area contributed by atoms with E-state index in [-0.39, 0.29) is 11.5 Å². The van der Waals surface area contributed by atoms with Gasteiger partial charge in [-0.1, -0.05) is 11.6 Å². The maximum Gasteiger partial charge on any atom is 0.257 e. The molecule has 6 heteroatoms. The number of benzene rings is 1. The monoisotopic (exact) mass is 328 g/mol. The molecule has 1 amide bonds. The third-order valence-corrected chi connectivity index (χ3v) is 3.06. The van der Waals surface area contributed by atoms with Crippen LogP contribution in [0.2, 0.25) is 5.02 Å². The number of carbonyl (C=O) groups excluding carboxylic acids is 1. The SMILES string of the molecule is O=C(Nc1ccc(Cl)cc1Br)c1ccc(F)nc1. The van der Waals surface area contributed by atoms with E-state index in [1.54, 1.807) is 18.2 Å². The summed E-state index contributed by atoms with van der Waals surface area (Å²) in [7, 11) is 0. The van der Waals surface area contributed by atoms with Crippen LogP contribution in [0.4, 0.5) is 10.1 Å². The minimum absolute atomic E-state index is 0.276. The summed E-state index contributed by atoms with van der Waals surface area (Å²) < 4.78 is 13.3. The van der Waals surface area contributed by atoms with Crippen molar-refractivity contribution in [2.75, 3.05) is 5.32 Å². The molecule has 0 atom stereocenters. The van der Waals surface area contributed by atoms with E-state index >= 15 is 0 Å². The smallest absolute Gasteiger partial charge is 0.257 e. The molecule has 2 aromatic rings. The molecule has 0 fully saturated rings. The molecule has 1 N–H and O–H groups in total. The first-order valence-corrected chi connectivity index (χ1v) is 6.11. The molecule has 0 aliphatic heterocycles. The standard InChI is InChI=1S/C12H7BrClFN2O/c13-9-5-8(14)2-3-10(9)17-12(18)7-1-4-11(15)16-6-7/h1-6H,(H,17,18). The molecule has 1 heterocycles. The van der Waals surface area contributed by atoms with Crippen molar-refractivity contribution in [3.05, 3.63) is 57.5 Å². The molecule has 92 valence electrons. The number of nitrogens with one attached hydrogen (secondary N) is 1. The fraction of sp³-hybridized carbons (Fsp3) is 0. The van der Waals surface area contributed by atoms with Crippen molar-refractivity contribution in [1.29, 1.82) is 0 Å². The van der Waals surface area contributed by atoms with Gasteiger partial charge in [-0.3, -0.25) is 4.79 Å². The Morgan fingerprint density at radius 1 is 1.33 bits per heavy atom. The van der Waals surface area contributed by atoms with Crippen molar-refractivity contribution < 1.29 is 9.18 Å². The second-order valence-electron chi connectivity index (χ2n) is 3.45. The summed E-state index contributed by atoms with van der Waals surface area (Å²) in [5.74, 6) is -0.996. The Hall–Kier alpha value is -1.46. The van der Waals surface area contributed by atoms with Crippen LogP contribution in [0.3, 0.4) is 0 Å². The molecule has 0 radical (unpaired) electrons. The molecule has 0 unspecified atom stereocenters. The largest absolute Gasteiger partial charge is 0.321 e.